The molecule has 0 aliphatic rings. The zero-order chi connectivity index (χ0) is 14.8. The van der Waals surface area contributed by atoms with Gasteiger partial charge in [-0.2, -0.15) is 0 Å². The maximum atomic E-state index is 6.07. The zero-order valence-electron chi connectivity index (χ0n) is 11.1. The van der Waals surface area contributed by atoms with Crippen LogP contribution in [0.4, 0.5) is 0 Å². The van der Waals surface area contributed by atoms with Crippen molar-refractivity contribution in [3.8, 4) is 0 Å². The Bertz CT molecular complexity index is 791. The van der Waals surface area contributed by atoms with Crippen molar-refractivity contribution in [1.29, 1.82) is 0 Å². The Morgan fingerprint density at radius 1 is 1.10 bits per heavy atom. The molecule has 2 aromatic carbocycles. The summed E-state index contributed by atoms with van der Waals surface area (Å²) in [5, 5.41) is 1.75. The number of aromatic nitrogens is 1. The van der Waals surface area contributed by atoms with Gasteiger partial charge in [-0.3, -0.25) is 5.84 Å². The normalized spacial score (nSPS) is 12.5. The molecule has 0 spiro atoms. The molecule has 0 radical (unpaired) electrons. The van der Waals surface area contributed by atoms with Gasteiger partial charge in [-0.1, -0.05) is 41.9 Å². The number of hydrogen-bond donors (Lipinski definition) is 2. The highest BCUT2D eigenvalue weighted by Crippen LogP contribution is 2.30. The number of rotatable bonds is 3. The summed E-state index contributed by atoms with van der Waals surface area (Å²) in [6.07, 6.45) is 0. The SMILES string of the molecule is NNC(c1cccc(Cl)c1)c1nc2ccccc2cc1Br. The monoisotopic (exact) mass is 361 g/mol. The lowest BCUT2D eigenvalue weighted by molar-refractivity contribution is 0.620. The Labute approximate surface area is 136 Å². The maximum absolute atomic E-state index is 6.07. The summed E-state index contributed by atoms with van der Waals surface area (Å²) in [5.74, 6) is 5.75. The molecule has 0 saturated carbocycles. The van der Waals surface area contributed by atoms with Gasteiger partial charge in [0.05, 0.1) is 17.3 Å². The summed E-state index contributed by atoms with van der Waals surface area (Å²) < 4.78 is 0.907. The zero-order valence-corrected chi connectivity index (χ0v) is 13.4. The molecule has 0 aliphatic heterocycles. The number of para-hydroxylation sites is 1. The van der Waals surface area contributed by atoms with Crippen LogP contribution in [0.2, 0.25) is 5.02 Å². The predicted octanol–water partition coefficient (Wildman–Crippen LogP) is 4.20. The molecule has 0 amide bonds. The molecule has 3 aromatic rings. The highest BCUT2D eigenvalue weighted by Gasteiger charge is 2.18. The Balaban J connectivity index is 2.14. The average Bonchev–Trinajstić information content (AvgIpc) is 2.48. The number of pyridine rings is 1. The summed E-state index contributed by atoms with van der Waals surface area (Å²) >= 11 is 9.65. The minimum Gasteiger partial charge on any atom is -0.271 e. The average molecular weight is 363 g/mol. The molecule has 0 saturated heterocycles. The lowest BCUT2D eigenvalue weighted by Crippen LogP contribution is -2.29. The standard InChI is InChI=1S/C16H13BrClN3/c17-13-9-10-4-1-2-7-14(10)20-16(13)15(21-19)11-5-3-6-12(18)8-11/h1-9,15,21H,19H2. The quantitative estimate of drug-likeness (QED) is 0.542. The van der Waals surface area contributed by atoms with Gasteiger partial charge in [-0.15, -0.1) is 0 Å². The Morgan fingerprint density at radius 3 is 2.67 bits per heavy atom. The minimum atomic E-state index is -0.234. The number of fused-ring (bicyclic) bond motifs is 1. The number of nitrogens with zero attached hydrogens (tertiary/aromatic N) is 1. The van der Waals surface area contributed by atoms with Crippen LogP contribution in [0, 0.1) is 0 Å². The first kappa shape index (κ1) is 14.5. The Kier molecular flexibility index (Phi) is 4.22. The van der Waals surface area contributed by atoms with Crippen LogP contribution < -0.4 is 11.3 Å². The van der Waals surface area contributed by atoms with Gasteiger partial charge in [0, 0.05) is 14.9 Å². The van der Waals surface area contributed by atoms with Crippen molar-refractivity contribution in [3.05, 3.63) is 75.4 Å². The summed E-state index contributed by atoms with van der Waals surface area (Å²) in [6.45, 7) is 0. The maximum Gasteiger partial charge on any atom is 0.0893 e. The number of hydrazine groups is 1. The van der Waals surface area contributed by atoms with Crippen molar-refractivity contribution in [3.63, 3.8) is 0 Å². The van der Waals surface area contributed by atoms with Crippen LogP contribution in [0.5, 0.6) is 0 Å². The van der Waals surface area contributed by atoms with Gasteiger partial charge in [-0.05, 0) is 45.8 Å². The van der Waals surface area contributed by atoms with Crippen LogP contribution >= 0.6 is 27.5 Å². The van der Waals surface area contributed by atoms with Gasteiger partial charge < -0.3 is 0 Å². The lowest BCUT2D eigenvalue weighted by Gasteiger charge is -2.18. The molecule has 1 atom stereocenters. The topological polar surface area (TPSA) is 50.9 Å². The van der Waals surface area contributed by atoms with Crippen LogP contribution in [-0.4, -0.2) is 4.98 Å². The summed E-state index contributed by atoms with van der Waals surface area (Å²) in [7, 11) is 0. The molecular weight excluding hydrogens is 350 g/mol. The Hall–Kier alpha value is -1.46. The van der Waals surface area contributed by atoms with E-state index in [4.69, 9.17) is 22.4 Å². The van der Waals surface area contributed by atoms with Crippen molar-refractivity contribution in [1.82, 2.24) is 10.4 Å². The fourth-order valence-corrected chi connectivity index (χ4v) is 3.09. The van der Waals surface area contributed by atoms with E-state index in [0.717, 1.165) is 26.6 Å². The van der Waals surface area contributed by atoms with Crippen molar-refractivity contribution in [2.75, 3.05) is 0 Å². The number of hydrogen-bond acceptors (Lipinski definition) is 3. The van der Waals surface area contributed by atoms with E-state index in [0.29, 0.717) is 5.02 Å². The van der Waals surface area contributed by atoms with E-state index in [1.54, 1.807) is 0 Å². The summed E-state index contributed by atoms with van der Waals surface area (Å²) in [5.41, 5.74) is 5.54. The fraction of sp³-hybridized carbons (Fsp3) is 0.0625. The van der Waals surface area contributed by atoms with Gasteiger partial charge in [0.1, 0.15) is 0 Å². The third-order valence-electron chi connectivity index (χ3n) is 3.33. The number of halogens is 2. The molecular formula is C16H13BrClN3. The molecule has 0 bridgehead atoms. The molecule has 3 nitrogen and oxygen atoms in total. The lowest BCUT2D eigenvalue weighted by atomic mass is 10.0. The molecule has 3 rings (SSSR count). The van der Waals surface area contributed by atoms with E-state index >= 15 is 0 Å². The van der Waals surface area contributed by atoms with E-state index < -0.39 is 0 Å². The van der Waals surface area contributed by atoms with E-state index in [9.17, 15) is 0 Å². The molecule has 0 aliphatic carbocycles. The second-order valence-electron chi connectivity index (χ2n) is 4.70. The first-order valence-corrected chi connectivity index (χ1v) is 7.63. The van der Waals surface area contributed by atoms with E-state index in [2.05, 4.69) is 21.4 Å². The third kappa shape index (κ3) is 2.94. The van der Waals surface area contributed by atoms with Gasteiger partial charge in [-0.25, -0.2) is 10.4 Å². The van der Waals surface area contributed by atoms with Crippen molar-refractivity contribution in [2.24, 2.45) is 5.84 Å². The second-order valence-corrected chi connectivity index (χ2v) is 5.99. The van der Waals surface area contributed by atoms with E-state index in [1.807, 2.05) is 54.6 Å². The molecule has 3 N–H and O–H groups in total. The highest BCUT2D eigenvalue weighted by molar-refractivity contribution is 9.10. The van der Waals surface area contributed by atoms with Crippen LogP contribution in [0.3, 0.4) is 0 Å². The minimum absolute atomic E-state index is 0.234. The molecule has 21 heavy (non-hydrogen) atoms. The van der Waals surface area contributed by atoms with Crippen LogP contribution in [0.25, 0.3) is 10.9 Å². The van der Waals surface area contributed by atoms with E-state index in [-0.39, 0.29) is 6.04 Å². The first-order valence-electron chi connectivity index (χ1n) is 6.46. The van der Waals surface area contributed by atoms with Crippen molar-refractivity contribution >= 4 is 38.4 Å². The molecule has 1 unspecified atom stereocenters. The molecule has 5 heteroatoms. The van der Waals surface area contributed by atoms with Gasteiger partial charge in [0.2, 0.25) is 0 Å². The fourth-order valence-electron chi connectivity index (χ4n) is 2.33. The summed E-state index contributed by atoms with van der Waals surface area (Å²) in [4.78, 5) is 4.72. The Morgan fingerprint density at radius 2 is 1.90 bits per heavy atom. The molecule has 106 valence electrons. The first-order chi connectivity index (χ1) is 10.2. The molecule has 0 fully saturated rings. The van der Waals surface area contributed by atoms with Gasteiger partial charge in [0.15, 0.2) is 0 Å². The molecule has 1 aromatic heterocycles. The third-order valence-corrected chi connectivity index (χ3v) is 4.20. The smallest absolute Gasteiger partial charge is 0.0893 e. The van der Waals surface area contributed by atoms with Crippen LogP contribution in [-0.2, 0) is 0 Å². The molecule has 1 heterocycles. The summed E-state index contributed by atoms with van der Waals surface area (Å²) in [6, 6.07) is 17.4. The number of benzene rings is 2. The predicted molar refractivity (Wildman–Crippen MR) is 90.1 cm³/mol. The number of nitrogens with one attached hydrogen (secondary N) is 1. The second kappa shape index (κ2) is 6.12. The number of nitrogens with two attached hydrogens (primary N) is 1. The van der Waals surface area contributed by atoms with Gasteiger partial charge >= 0.3 is 0 Å². The largest absolute Gasteiger partial charge is 0.271 e. The van der Waals surface area contributed by atoms with Gasteiger partial charge in [0.25, 0.3) is 0 Å². The van der Waals surface area contributed by atoms with Crippen LogP contribution in [0.15, 0.2) is 59.1 Å². The van der Waals surface area contributed by atoms with Crippen molar-refractivity contribution < 1.29 is 0 Å². The van der Waals surface area contributed by atoms with Crippen LogP contribution in [0.1, 0.15) is 17.3 Å². The van der Waals surface area contributed by atoms with E-state index in [1.165, 1.54) is 0 Å². The highest BCUT2D eigenvalue weighted by atomic mass is 79.9. The van der Waals surface area contributed by atoms with Crippen molar-refractivity contribution in [2.45, 2.75) is 6.04 Å².